The third-order valence-electron chi connectivity index (χ3n) is 4.21. The Morgan fingerprint density at radius 1 is 1.30 bits per heavy atom. The standard InChI is InChI=1S/C15H22N4S/c1-9-8-11-12(18-14(16)19-13(11)20-9)17-10-4-6-15(2,3)7-5-10/h8,10H,4-7H2,1-3H3,(H3,16,17,18,19). The number of nitrogens with zero attached hydrogens (tertiary/aromatic N) is 2. The number of aromatic nitrogens is 2. The number of hydrogen-bond acceptors (Lipinski definition) is 5. The quantitative estimate of drug-likeness (QED) is 0.878. The van der Waals surface area contributed by atoms with E-state index in [0.29, 0.717) is 17.4 Å². The maximum Gasteiger partial charge on any atom is 0.223 e. The minimum absolute atomic E-state index is 0.359. The van der Waals surface area contributed by atoms with Gasteiger partial charge in [-0.1, -0.05) is 13.8 Å². The molecular weight excluding hydrogens is 268 g/mol. The van der Waals surface area contributed by atoms with Gasteiger partial charge < -0.3 is 11.1 Å². The van der Waals surface area contributed by atoms with Crippen LogP contribution >= 0.6 is 11.3 Å². The van der Waals surface area contributed by atoms with Crippen molar-refractivity contribution < 1.29 is 0 Å². The number of thiophene rings is 1. The van der Waals surface area contributed by atoms with Crippen LogP contribution in [0.2, 0.25) is 0 Å². The number of nitrogen functional groups attached to an aromatic ring is 1. The van der Waals surface area contributed by atoms with E-state index in [1.165, 1.54) is 30.6 Å². The Bertz CT molecular complexity index is 622. The molecule has 1 saturated carbocycles. The molecule has 4 nitrogen and oxygen atoms in total. The van der Waals surface area contributed by atoms with E-state index in [-0.39, 0.29) is 0 Å². The Morgan fingerprint density at radius 2 is 2.00 bits per heavy atom. The second-order valence-corrected chi connectivity index (χ2v) is 7.82. The Balaban J connectivity index is 1.84. The molecule has 2 heterocycles. The Hall–Kier alpha value is -1.36. The summed E-state index contributed by atoms with van der Waals surface area (Å²) in [6, 6.07) is 2.65. The van der Waals surface area contributed by atoms with Crippen LogP contribution in [0.4, 0.5) is 11.8 Å². The number of aryl methyl sites for hydroxylation is 1. The maximum atomic E-state index is 5.83. The first-order valence-electron chi connectivity index (χ1n) is 7.23. The van der Waals surface area contributed by atoms with Crippen molar-refractivity contribution in [1.82, 2.24) is 9.97 Å². The van der Waals surface area contributed by atoms with Gasteiger partial charge in [0.1, 0.15) is 10.6 Å². The molecule has 0 saturated heterocycles. The first-order valence-corrected chi connectivity index (χ1v) is 8.05. The van der Waals surface area contributed by atoms with Crippen molar-refractivity contribution in [2.45, 2.75) is 52.5 Å². The third kappa shape index (κ3) is 2.73. The number of hydrogen-bond donors (Lipinski definition) is 2. The second kappa shape index (κ2) is 4.88. The zero-order valence-corrected chi connectivity index (χ0v) is 13.2. The molecule has 0 unspecified atom stereocenters. The SMILES string of the molecule is Cc1cc2c(NC3CCC(C)(C)CC3)nc(N)nc2s1. The summed E-state index contributed by atoms with van der Waals surface area (Å²) in [5.41, 5.74) is 6.31. The molecule has 0 aliphatic heterocycles. The molecule has 1 aliphatic carbocycles. The van der Waals surface area contributed by atoms with E-state index in [2.05, 4.69) is 42.1 Å². The monoisotopic (exact) mass is 290 g/mol. The van der Waals surface area contributed by atoms with Crippen LogP contribution < -0.4 is 11.1 Å². The molecule has 0 bridgehead atoms. The predicted octanol–water partition coefficient (Wildman–Crippen LogP) is 3.96. The smallest absolute Gasteiger partial charge is 0.223 e. The van der Waals surface area contributed by atoms with E-state index >= 15 is 0 Å². The molecule has 3 rings (SSSR count). The van der Waals surface area contributed by atoms with Gasteiger partial charge >= 0.3 is 0 Å². The minimum Gasteiger partial charge on any atom is -0.368 e. The maximum absolute atomic E-state index is 5.83. The van der Waals surface area contributed by atoms with Crippen molar-refractivity contribution in [3.05, 3.63) is 10.9 Å². The number of fused-ring (bicyclic) bond motifs is 1. The first-order chi connectivity index (χ1) is 9.43. The number of anilines is 2. The summed E-state index contributed by atoms with van der Waals surface area (Å²) >= 11 is 1.67. The van der Waals surface area contributed by atoms with E-state index < -0.39 is 0 Å². The number of rotatable bonds is 2. The molecular formula is C15H22N4S. The van der Waals surface area contributed by atoms with Crippen molar-refractivity contribution in [3.63, 3.8) is 0 Å². The largest absolute Gasteiger partial charge is 0.368 e. The van der Waals surface area contributed by atoms with E-state index in [0.717, 1.165) is 16.0 Å². The molecule has 108 valence electrons. The molecule has 0 amide bonds. The summed E-state index contributed by atoms with van der Waals surface area (Å²) in [6.45, 7) is 6.80. The third-order valence-corrected chi connectivity index (χ3v) is 5.16. The van der Waals surface area contributed by atoms with Gasteiger partial charge in [-0.05, 0) is 44.1 Å². The Labute approximate surface area is 123 Å². The highest BCUT2D eigenvalue weighted by molar-refractivity contribution is 7.18. The van der Waals surface area contributed by atoms with Gasteiger partial charge in [0.15, 0.2) is 0 Å². The van der Waals surface area contributed by atoms with Gasteiger partial charge in [0, 0.05) is 10.9 Å². The molecule has 2 aromatic heterocycles. The van der Waals surface area contributed by atoms with Gasteiger partial charge in [-0.2, -0.15) is 4.98 Å². The van der Waals surface area contributed by atoms with Gasteiger partial charge in [-0.3, -0.25) is 0 Å². The van der Waals surface area contributed by atoms with Gasteiger partial charge in [0.2, 0.25) is 5.95 Å². The van der Waals surface area contributed by atoms with Crippen molar-refractivity contribution in [3.8, 4) is 0 Å². The summed E-state index contributed by atoms with van der Waals surface area (Å²) in [5.74, 6) is 1.26. The molecule has 0 radical (unpaired) electrons. The first kappa shape index (κ1) is 13.6. The summed E-state index contributed by atoms with van der Waals surface area (Å²) in [7, 11) is 0. The Morgan fingerprint density at radius 3 is 2.70 bits per heavy atom. The van der Waals surface area contributed by atoms with Gasteiger partial charge in [-0.15, -0.1) is 11.3 Å². The van der Waals surface area contributed by atoms with Gasteiger partial charge in [0.25, 0.3) is 0 Å². The van der Waals surface area contributed by atoms with Gasteiger partial charge in [0.05, 0.1) is 5.39 Å². The minimum atomic E-state index is 0.359. The molecule has 0 atom stereocenters. The average Bonchev–Trinajstić information content (AvgIpc) is 2.72. The molecule has 3 N–H and O–H groups in total. The van der Waals surface area contributed by atoms with E-state index in [1.54, 1.807) is 11.3 Å². The highest BCUT2D eigenvalue weighted by Gasteiger charge is 2.27. The average molecular weight is 290 g/mol. The van der Waals surface area contributed by atoms with E-state index in [4.69, 9.17) is 5.73 Å². The lowest BCUT2D eigenvalue weighted by Gasteiger charge is -2.34. The summed E-state index contributed by atoms with van der Waals surface area (Å²) in [6.07, 6.45) is 4.91. The fraction of sp³-hybridized carbons (Fsp3) is 0.600. The van der Waals surface area contributed by atoms with Crippen LogP contribution in [0.5, 0.6) is 0 Å². The van der Waals surface area contributed by atoms with E-state index in [9.17, 15) is 0 Å². The zero-order valence-electron chi connectivity index (χ0n) is 12.4. The van der Waals surface area contributed by atoms with Crippen molar-refractivity contribution in [2.75, 3.05) is 11.1 Å². The fourth-order valence-electron chi connectivity index (χ4n) is 2.91. The number of nitrogens with two attached hydrogens (primary N) is 1. The van der Waals surface area contributed by atoms with Crippen LogP contribution in [0.25, 0.3) is 10.2 Å². The van der Waals surface area contributed by atoms with Crippen LogP contribution in [0.15, 0.2) is 6.07 Å². The predicted molar refractivity (Wildman–Crippen MR) is 86.2 cm³/mol. The summed E-state index contributed by atoms with van der Waals surface area (Å²) < 4.78 is 0. The lowest BCUT2D eigenvalue weighted by atomic mass is 9.75. The van der Waals surface area contributed by atoms with E-state index in [1.807, 2.05) is 0 Å². The number of nitrogens with one attached hydrogen (secondary N) is 1. The van der Waals surface area contributed by atoms with Crippen molar-refractivity contribution >= 4 is 33.3 Å². The normalized spacial score (nSPS) is 19.4. The zero-order chi connectivity index (χ0) is 14.3. The molecule has 2 aromatic rings. The highest BCUT2D eigenvalue weighted by atomic mass is 32.1. The van der Waals surface area contributed by atoms with Crippen LogP contribution in [0.3, 0.4) is 0 Å². The Kier molecular flexibility index (Phi) is 3.32. The van der Waals surface area contributed by atoms with Crippen LogP contribution in [0, 0.1) is 12.3 Å². The van der Waals surface area contributed by atoms with Crippen molar-refractivity contribution in [1.29, 1.82) is 0 Å². The van der Waals surface area contributed by atoms with Crippen LogP contribution in [-0.4, -0.2) is 16.0 Å². The second-order valence-electron chi connectivity index (χ2n) is 6.59. The van der Waals surface area contributed by atoms with Crippen LogP contribution in [0.1, 0.15) is 44.4 Å². The molecule has 0 aromatic carbocycles. The lowest BCUT2D eigenvalue weighted by molar-refractivity contribution is 0.232. The topological polar surface area (TPSA) is 63.8 Å². The molecule has 0 spiro atoms. The summed E-state index contributed by atoms with van der Waals surface area (Å²) in [4.78, 5) is 10.9. The lowest BCUT2D eigenvalue weighted by Crippen LogP contribution is -2.30. The molecule has 5 heteroatoms. The highest BCUT2D eigenvalue weighted by Crippen LogP contribution is 2.37. The van der Waals surface area contributed by atoms with Gasteiger partial charge in [-0.25, -0.2) is 4.98 Å². The fourth-order valence-corrected chi connectivity index (χ4v) is 3.79. The van der Waals surface area contributed by atoms with Crippen molar-refractivity contribution in [2.24, 2.45) is 5.41 Å². The van der Waals surface area contributed by atoms with Crippen LogP contribution in [-0.2, 0) is 0 Å². The molecule has 1 fully saturated rings. The molecule has 20 heavy (non-hydrogen) atoms. The summed E-state index contributed by atoms with van der Waals surface area (Å²) in [5, 5.41) is 4.69. The molecule has 1 aliphatic rings.